The Morgan fingerprint density at radius 2 is 2.33 bits per heavy atom. The first kappa shape index (κ1) is 12.2. The normalized spacial score (nSPS) is 18.2. The molecule has 0 bridgehead atoms. The third-order valence-electron chi connectivity index (χ3n) is 2.44. The molecule has 96 valence electrons. The number of fused-ring (bicyclic) bond motifs is 1. The van der Waals surface area contributed by atoms with E-state index >= 15 is 0 Å². The second-order valence-corrected chi connectivity index (χ2v) is 3.69. The van der Waals surface area contributed by atoms with Crippen molar-refractivity contribution in [1.29, 1.82) is 0 Å². The van der Waals surface area contributed by atoms with Gasteiger partial charge in [0.25, 0.3) is 11.7 Å². The molecule has 0 aromatic carbocycles. The van der Waals surface area contributed by atoms with Crippen molar-refractivity contribution in [2.75, 3.05) is 18.7 Å². The van der Waals surface area contributed by atoms with Crippen molar-refractivity contribution in [3.63, 3.8) is 0 Å². The van der Waals surface area contributed by atoms with Gasteiger partial charge in [0.2, 0.25) is 0 Å². The molecule has 2 heterocycles. The van der Waals surface area contributed by atoms with Crippen LogP contribution in [0.3, 0.4) is 0 Å². The van der Waals surface area contributed by atoms with Gasteiger partial charge in [-0.1, -0.05) is 0 Å². The predicted octanol–water partition coefficient (Wildman–Crippen LogP) is 0.708. The number of carbonyl (C=O) groups excluding carboxylic acids is 1. The zero-order chi connectivity index (χ0) is 13.3. The summed E-state index contributed by atoms with van der Waals surface area (Å²) in [4.78, 5) is 26.9. The van der Waals surface area contributed by atoms with Gasteiger partial charge in [-0.3, -0.25) is 4.79 Å². The first-order valence-electron chi connectivity index (χ1n) is 5.17. The number of aromatic nitrogens is 1. The van der Waals surface area contributed by atoms with Crippen LogP contribution in [-0.4, -0.2) is 35.8 Å². The van der Waals surface area contributed by atoms with Crippen molar-refractivity contribution < 1.29 is 19.2 Å². The van der Waals surface area contributed by atoms with Crippen LogP contribution >= 0.6 is 0 Å². The number of methoxy groups -OCH3 is 1. The molecule has 1 aromatic heterocycles. The average Bonchev–Trinajstić information content (AvgIpc) is 2.34. The number of carbonyl (C=O) groups is 1. The fourth-order valence-electron chi connectivity index (χ4n) is 1.63. The van der Waals surface area contributed by atoms with Crippen LogP contribution in [0.1, 0.15) is 6.92 Å². The summed E-state index contributed by atoms with van der Waals surface area (Å²) in [5, 5.41) is 10.7. The molecular weight excluding hydrogens is 242 g/mol. The van der Waals surface area contributed by atoms with E-state index in [9.17, 15) is 14.9 Å². The number of hydrogen-bond acceptors (Lipinski definition) is 6. The van der Waals surface area contributed by atoms with Gasteiger partial charge in [0.1, 0.15) is 6.73 Å². The van der Waals surface area contributed by atoms with Gasteiger partial charge in [0, 0.05) is 13.2 Å². The van der Waals surface area contributed by atoms with Gasteiger partial charge < -0.3 is 19.6 Å². The highest BCUT2D eigenvalue weighted by Crippen LogP contribution is 2.33. The lowest BCUT2D eigenvalue weighted by atomic mass is 10.2. The lowest BCUT2D eigenvalue weighted by Crippen LogP contribution is -2.45. The average molecular weight is 253 g/mol. The Hall–Kier alpha value is -2.22. The van der Waals surface area contributed by atoms with E-state index in [1.165, 1.54) is 24.1 Å². The smallest absolute Gasteiger partial charge is 0.366 e. The second kappa shape index (κ2) is 4.57. The van der Waals surface area contributed by atoms with Gasteiger partial charge >= 0.3 is 5.82 Å². The van der Waals surface area contributed by atoms with Crippen molar-refractivity contribution >= 4 is 17.5 Å². The molecule has 1 unspecified atom stereocenters. The van der Waals surface area contributed by atoms with Gasteiger partial charge in [-0.05, 0) is 22.9 Å². The minimum absolute atomic E-state index is 0.0340. The van der Waals surface area contributed by atoms with Gasteiger partial charge in [-0.2, -0.15) is 0 Å². The Labute approximate surface area is 102 Å². The summed E-state index contributed by atoms with van der Waals surface area (Å²) in [7, 11) is 1.42. The van der Waals surface area contributed by atoms with Crippen LogP contribution in [0.25, 0.3) is 0 Å². The molecule has 1 amide bonds. The van der Waals surface area contributed by atoms with Gasteiger partial charge in [-0.25, -0.2) is 4.90 Å². The number of nitro groups is 1. The molecule has 0 fully saturated rings. The predicted molar refractivity (Wildman–Crippen MR) is 60.3 cm³/mol. The number of anilines is 1. The molecule has 1 atom stereocenters. The van der Waals surface area contributed by atoms with Crippen LogP contribution in [0.15, 0.2) is 12.1 Å². The molecule has 18 heavy (non-hydrogen) atoms. The maximum absolute atomic E-state index is 11.9. The molecule has 2 rings (SSSR count). The van der Waals surface area contributed by atoms with E-state index in [1.54, 1.807) is 6.92 Å². The Kier molecular flexibility index (Phi) is 3.11. The third kappa shape index (κ3) is 1.97. The zero-order valence-electron chi connectivity index (χ0n) is 9.82. The van der Waals surface area contributed by atoms with Crippen LogP contribution in [-0.2, 0) is 9.53 Å². The van der Waals surface area contributed by atoms with Crippen LogP contribution < -0.4 is 9.64 Å². The summed E-state index contributed by atoms with van der Waals surface area (Å²) in [5.41, 5.74) is 0. The maximum atomic E-state index is 11.9. The van der Waals surface area contributed by atoms with E-state index < -0.39 is 11.0 Å². The molecule has 1 aliphatic rings. The molecule has 0 saturated carbocycles. The number of pyridine rings is 1. The molecule has 0 saturated heterocycles. The van der Waals surface area contributed by atoms with E-state index in [1.807, 2.05) is 0 Å². The summed E-state index contributed by atoms with van der Waals surface area (Å²) in [6.07, 6.45) is -0.670. The molecule has 8 heteroatoms. The van der Waals surface area contributed by atoms with E-state index in [4.69, 9.17) is 9.47 Å². The van der Waals surface area contributed by atoms with E-state index in [0.29, 0.717) is 5.75 Å². The van der Waals surface area contributed by atoms with E-state index in [-0.39, 0.29) is 24.3 Å². The Balaban J connectivity index is 2.48. The van der Waals surface area contributed by atoms with E-state index in [0.717, 1.165) is 0 Å². The van der Waals surface area contributed by atoms with Crippen molar-refractivity contribution in [3.05, 3.63) is 22.2 Å². The van der Waals surface area contributed by atoms with E-state index in [2.05, 4.69) is 4.98 Å². The topological polar surface area (TPSA) is 94.8 Å². The Morgan fingerprint density at radius 3 is 2.94 bits per heavy atom. The number of nitrogens with zero attached hydrogens (tertiary/aromatic N) is 3. The standard InChI is InChI=1S/C10H11N3O5/c1-6-10(14)12(5-17-2)9-7(18-6)3-4-8(11-9)13(15)16/h3-4,6H,5H2,1-2H3. The lowest BCUT2D eigenvalue weighted by molar-refractivity contribution is -0.389. The highest BCUT2D eigenvalue weighted by atomic mass is 16.6. The van der Waals surface area contributed by atoms with Crippen LogP contribution in [0, 0.1) is 10.1 Å². The number of rotatable bonds is 3. The summed E-state index contributed by atoms with van der Waals surface area (Å²) >= 11 is 0. The summed E-state index contributed by atoms with van der Waals surface area (Å²) in [6, 6.07) is 2.65. The zero-order valence-corrected chi connectivity index (χ0v) is 9.82. The molecule has 0 spiro atoms. The van der Waals surface area contributed by atoms with Crippen molar-refractivity contribution in [2.45, 2.75) is 13.0 Å². The van der Waals surface area contributed by atoms with Gasteiger partial charge in [0.15, 0.2) is 11.9 Å². The summed E-state index contributed by atoms with van der Waals surface area (Å²) in [5.74, 6) is -0.267. The van der Waals surface area contributed by atoms with Crippen molar-refractivity contribution in [3.8, 4) is 5.75 Å². The van der Waals surface area contributed by atoms with Crippen LogP contribution in [0.4, 0.5) is 11.6 Å². The molecule has 0 N–H and O–H groups in total. The van der Waals surface area contributed by atoms with Crippen molar-refractivity contribution in [1.82, 2.24) is 4.98 Å². The number of ether oxygens (including phenoxy) is 2. The largest absolute Gasteiger partial charge is 0.475 e. The quantitative estimate of drug-likeness (QED) is 0.581. The summed E-state index contributed by atoms with van der Waals surface area (Å²) in [6.45, 7) is 1.56. The molecule has 8 nitrogen and oxygen atoms in total. The molecule has 0 aliphatic carbocycles. The maximum Gasteiger partial charge on any atom is 0.366 e. The Bertz CT molecular complexity index is 504. The minimum atomic E-state index is -0.670. The summed E-state index contributed by atoms with van der Waals surface area (Å²) < 4.78 is 10.2. The van der Waals surface area contributed by atoms with Crippen LogP contribution in [0.2, 0.25) is 0 Å². The van der Waals surface area contributed by atoms with Crippen LogP contribution in [0.5, 0.6) is 5.75 Å². The molecule has 0 radical (unpaired) electrons. The number of hydrogen-bond donors (Lipinski definition) is 0. The minimum Gasteiger partial charge on any atom is -0.475 e. The highest BCUT2D eigenvalue weighted by Gasteiger charge is 2.36. The molecular formula is C10H11N3O5. The fraction of sp³-hybridized carbons (Fsp3) is 0.400. The fourth-order valence-corrected chi connectivity index (χ4v) is 1.63. The molecule has 1 aromatic rings. The highest BCUT2D eigenvalue weighted by molar-refractivity contribution is 5.98. The molecule has 1 aliphatic heterocycles. The first-order chi connectivity index (χ1) is 8.54. The monoisotopic (exact) mass is 253 g/mol. The third-order valence-corrected chi connectivity index (χ3v) is 2.44. The number of amides is 1. The lowest BCUT2D eigenvalue weighted by Gasteiger charge is -2.28. The van der Waals surface area contributed by atoms with Gasteiger partial charge in [0.05, 0.1) is 0 Å². The first-order valence-corrected chi connectivity index (χ1v) is 5.17. The van der Waals surface area contributed by atoms with Crippen molar-refractivity contribution in [2.24, 2.45) is 0 Å². The SMILES string of the molecule is COCN1C(=O)C(C)Oc2ccc([N+](=O)[O-])nc21. The second-order valence-electron chi connectivity index (χ2n) is 3.69. The van der Waals surface area contributed by atoms with Gasteiger partial charge in [-0.15, -0.1) is 0 Å². The Morgan fingerprint density at radius 1 is 1.61 bits per heavy atom.